The molecule has 86 valence electrons. The SMILES string of the molecule is Clc1nc(-c2ccc(C3CC3)cc2)ncc1I. The second-order valence-corrected chi connectivity index (χ2v) is 5.75. The molecule has 0 N–H and O–H groups in total. The number of nitrogens with zero attached hydrogens (tertiary/aromatic N) is 2. The highest BCUT2D eigenvalue weighted by Gasteiger charge is 2.23. The lowest BCUT2D eigenvalue weighted by molar-refractivity contribution is 1.12. The van der Waals surface area contributed by atoms with Crippen LogP contribution in [0, 0.1) is 3.57 Å². The van der Waals surface area contributed by atoms with Crippen molar-refractivity contribution in [1.29, 1.82) is 0 Å². The minimum absolute atomic E-state index is 0.516. The molecule has 17 heavy (non-hydrogen) atoms. The van der Waals surface area contributed by atoms with Crippen molar-refractivity contribution in [3.63, 3.8) is 0 Å². The van der Waals surface area contributed by atoms with E-state index in [1.165, 1.54) is 18.4 Å². The Morgan fingerprint density at radius 1 is 1.18 bits per heavy atom. The summed E-state index contributed by atoms with van der Waals surface area (Å²) in [7, 11) is 0. The molecule has 1 saturated carbocycles. The van der Waals surface area contributed by atoms with E-state index in [1.807, 2.05) is 0 Å². The number of rotatable bonds is 2. The molecule has 3 rings (SSSR count). The smallest absolute Gasteiger partial charge is 0.160 e. The molecule has 1 aliphatic rings. The third kappa shape index (κ3) is 2.45. The van der Waals surface area contributed by atoms with E-state index in [2.05, 4.69) is 56.8 Å². The number of halogens is 2. The average molecular weight is 357 g/mol. The molecule has 0 atom stereocenters. The zero-order chi connectivity index (χ0) is 11.8. The van der Waals surface area contributed by atoms with Crippen LogP contribution in [0.25, 0.3) is 11.4 Å². The van der Waals surface area contributed by atoms with E-state index in [1.54, 1.807) is 6.20 Å². The van der Waals surface area contributed by atoms with Crippen LogP contribution in [0.5, 0.6) is 0 Å². The number of aromatic nitrogens is 2. The van der Waals surface area contributed by atoms with Crippen LogP contribution in [0.3, 0.4) is 0 Å². The minimum atomic E-state index is 0.516. The summed E-state index contributed by atoms with van der Waals surface area (Å²) in [6.07, 6.45) is 4.40. The van der Waals surface area contributed by atoms with Crippen molar-refractivity contribution >= 4 is 34.2 Å². The molecule has 0 radical (unpaired) electrons. The van der Waals surface area contributed by atoms with Gasteiger partial charge in [-0.1, -0.05) is 35.9 Å². The van der Waals surface area contributed by atoms with Gasteiger partial charge in [0, 0.05) is 11.8 Å². The third-order valence-electron chi connectivity index (χ3n) is 2.92. The maximum atomic E-state index is 6.00. The summed E-state index contributed by atoms with van der Waals surface area (Å²) in [4.78, 5) is 8.58. The van der Waals surface area contributed by atoms with Crippen LogP contribution >= 0.6 is 34.2 Å². The van der Waals surface area contributed by atoms with Crippen molar-refractivity contribution in [3.05, 3.63) is 44.7 Å². The molecule has 0 unspecified atom stereocenters. The van der Waals surface area contributed by atoms with Gasteiger partial charge in [-0.15, -0.1) is 0 Å². The summed E-state index contributed by atoms with van der Waals surface area (Å²) in [5.74, 6) is 1.48. The van der Waals surface area contributed by atoms with Gasteiger partial charge in [-0.25, -0.2) is 9.97 Å². The maximum absolute atomic E-state index is 6.00. The fourth-order valence-corrected chi connectivity index (χ4v) is 2.20. The van der Waals surface area contributed by atoms with E-state index in [4.69, 9.17) is 11.6 Å². The van der Waals surface area contributed by atoms with E-state index in [0.717, 1.165) is 15.1 Å². The highest BCUT2D eigenvalue weighted by atomic mass is 127. The standard InChI is InChI=1S/C13H10ClIN2/c14-12-11(15)7-16-13(17-12)10-5-3-9(4-6-10)8-1-2-8/h3-8H,1-2H2. The minimum Gasteiger partial charge on any atom is -0.235 e. The van der Waals surface area contributed by atoms with Crippen molar-refractivity contribution in [2.45, 2.75) is 18.8 Å². The molecule has 0 saturated heterocycles. The van der Waals surface area contributed by atoms with E-state index < -0.39 is 0 Å². The van der Waals surface area contributed by atoms with Gasteiger partial charge in [0.05, 0.1) is 3.57 Å². The van der Waals surface area contributed by atoms with Crippen LogP contribution in [-0.4, -0.2) is 9.97 Å². The van der Waals surface area contributed by atoms with Gasteiger partial charge < -0.3 is 0 Å². The van der Waals surface area contributed by atoms with Crippen LogP contribution in [0.4, 0.5) is 0 Å². The summed E-state index contributed by atoms with van der Waals surface area (Å²) >= 11 is 8.12. The van der Waals surface area contributed by atoms with Crippen LogP contribution in [0.15, 0.2) is 30.5 Å². The molecule has 0 amide bonds. The van der Waals surface area contributed by atoms with E-state index >= 15 is 0 Å². The predicted octanol–water partition coefficient (Wildman–Crippen LogP) is 4.28. The topological polar surface area (TPSA) is 25.8 Å². The van der Waals surface area contributed by atoms with Gasteiger partial charge in [0.2, 0.25) is 0 Å². The highest BCUT2D eigenvalue weighted by molar-refractivity contribution is 14.1. The lowest BCUT2D eigenvalue weighted by Crippen LogP contribution is -1.91. The normalized spacial score (nSPS) is 14.9. The van der Waals surface area contributed by atoms with Gasteiger partial charge in [-0.05, 0) is 46.9 Å². The fourth-order valence-electron chi connectivity index (χ4n) is 1.81. The van der Waals surface area contributed by atoms with E-state index in [0.29, 0.717) is 11.0 Å². The first-order chi connectivity index (χ1) is 8.24. The molecule has 1 fully saturated rings. The largest absolute Gasteiger partial charge is 0.235 e. The van der Waals surface area contributed by atoms with Gasteiger partial charge in [0.25, 0.3) is 0 Å². The van der Waals surface area contributed by atoms with Crippen LogP contribution < -0.4 is 0 Å². The van der Waals surface area contributed by atoms with Gasteiger partial charge in [0.15, 0.2) is 5.82 Å². The molecule has 2 aromatic rings. The monoisotopic (exact) mass is 356 g/mol. The maximum Gasteiger partial charge on any atom is 0.160 e. The summed E-state index contributed by atoms with van der Waals surface area (Å²) in [6, 6.07) is 8.49. The Kier molecular flexibility index (Phi) is 3.04. The van der Waals surface area contributed by atoms with Crippen molar-refractivity contribution in [1.82, 2.24) is 9.97 Å². The first-order valence-electron chi connectivity index (χ1n) is 5.52. The van der Waals surface area contributed by atoms with Crippen molar-refractivity contribution in [2.24, 2.45) is 0 Å². The first-order valence-corrected chi connectivity index (χ1v) is 6.98. The lowest BCUT2D eigenvalue weighted by atomic mass is 10.1. The van der Waals surface area contributed by atoms with Gasteiger partial charge >= 0.3 is 0 Å². The van der Waals surface area contributed by atoms with Crippen molar-refractivity contribution < 1.29 is 0 Å². The second kappa shape index (κ2) is 4.53. The van der Waals surface area contributed by atoms with Gasteiger partial charge in [-0.3, -0.25) is 0 Å². The van der Waals surface area contributed by atoms with Crippen molar-refractivity contribution in [2.75, 3.05) is 0 Å². The van der Waals surface area contributed by atoms with Crippen molar-refractivity contribution in [3.8, 4) is 11.4 Å². The Hall–Kier alpha value is -0.680. The van der Waals surface area contributed by atoms with Gasteiger partial charge in [-0.2, -0.15) is 0 Å². The summed E-state index contributed by atoms with van der Waals surface area (Å²) in [5, 5.41) is 0.516. The number of hydrogen-bond acceptors (Lipinski definition) is 2. The fraction of sp³-hybridized carbons (Fsp3) is 0.231. The molecular formula is C13H10ClIN2. The average Bonchev–Trinajstić information content (AvgIpc) is 3.17. The Bertz CT molecular complexity index is 550. The Labute approximate surface area is 119 Å². The Balaban J connectivity index is 1.94. The third-order valence-corrected chi connectivity index (χ3v) is 4.32. The highest BCUT2D eigenvalue weighted by Crippen LogP contribution is 2.40. The molecule has 4 heteroatoms. The summed E-state index contributed by atoms with van der Waals surface area (Å²) in [5.41, 5.74) is 2.44. The quantitative estimate of drug-likeness (QED) is 0.593. The zero-order valence-electron chi connectivity index (χ0n) is 9.03. The molecular weight excluding hydrogens is 347 g/mol. The predicted molar refractivity (Wildman–Crippen MR) is 77.2 cm³/mol. The first kappa shape index (κ1) is 11.4. The van der Waals surface area contributed by atoms with E-state index in [-0.39, 0.29) is 0 Å². The van der Waals surface area contributed by atoms with Crippen LogP contribution in [0.1, 0.15) is 24.3 Å². The summed E-state index contributed by atoms with van der Waals surface area (Å²) in [6.45, 7) is 0. The van der Waals surface area contributed by atoms with Crippen LogP contribution in [0.2, 0.25) is 5.15 Å². The zero-order valence-corrected chi connectivity index (χ0v) is 11.9. The summed E-state index contributed by atoms with van der Waals surface area (Å²) < 4.78 is 0.877. The molecule has 1 aromatic heterocycles. The Morgan fingerprint density at radius 2 is 1.88 bits per heavy atom. The number of benzene rings is 1. The van der Waals surface area contributed by atoms with Crippen LogP contribution in [-0.2, 0) is 0 Å². The molecule has 1 aliphatic carbocycles. The number of hydrogen-bond donors (Lipinski definition) is 0. The van der Waals surface area contributed by atoms with E-state index in [9.17, 15) is 0 Å². The molecule has 1 heterocycles. The van der Waals surface area contributed by atoms with Gasteiger partial charge in [0.1, 0.15) is 5.15 Å². The second-order valence-electron chi connectivity index (χ2n) is 4.23. The molecule has 2 nitrogen and oxygen atoms in total. The molecule has 0 bridgehead atoms. The molecule has 0 spiro atoms. The molecule has 0 aliphatic heterocycles. The Morgan fingerprint density at radius 3 is 2.47 bits per heavy atom. The lowest BCUT2D eigenvalue weighted by Gasteiger charge is -2.03. The molecule has 1 aromatic carbocycles.